The Balaban J connectivity index is 1.92. The van der Waals surface area contributed by atoms with Crippen LogP contribution in [0, 0.1) is 0 Å². The van der Waals surface area contributed by atoms with Gasteiger partial charge in [-0.25, -0.2) is 0 Å². The Bertz CT molecular complexity index is 1680. The van der Waals surface area contributed by atoms with E-state index < -0.39 is 49.5 Å². The number of ether oxygens (including phenoxy) is 3. The SMILES string of the molecule is CCCC/C=C\C/C=C\CCCCCCCC(=O)OCCCCCCCCCCCCC/C=C\C/C=C\CCCCCCCCCCCCCCCCCCCC(=O)NC(COC1OC(CO)C(O)C(O)C1O)C(O)/C=C/CC/C=C/CCCCCC. The molecule has 1 aliphatic rings. The van der Waals surface area contributed by atoms with Gasteiger partial charge in [0.15, 0.2) is 6.29 Å². The summed E-state index contributed by atoms with van der Waals surface area (Å²) in [5, 5.41) is 54.3. The van der Waals surface area contributed by atoms with Crippen LogP contribution in [-0.4, -0.2) is 100 Å². The van der Waals surface area contributed by atoms with E-state index >= 15 is 0 Å². The number of carbonyl (C=O) groups excluding carboxylic acids is 2. The summed E-state index contributed by atoms with van der Waals surface area (Å²) in [6, 6.07) is -0.826. The third-order valence-corrected chi connectivity index (χ3v) is 17.0. The first-order valence-electron chi connectivity index (χ1n) is 36.7. The van der Waals surface area contributed by atoms with Crippen LogP contribution in [0.1, 0.15) is 335 Å². The summed E-state index contributed by atoms with van der Waals surface area (Å²) >= 11 is 0. The summed E-state index contributed by atoms with van der Waals surface area (Å²) in [4.78, 5) is 25.1. The lowest BCUT2D eigenvalue weighted by molar-refractivity contribution is -0.302. The Morgan fingerprint density at radius 3 is 1.24 bits per heavy atom. The van der Waals surface area contributed by atoms with E-state index in [1.807, 2.05) is 6.08 Å². The molecule has 87 heavy (non-hydrogen) atoms. The van der Waals surface area contributed by atoms with Crippen molar-refractivity contribution >= 4 is 11.9 Å². The van der Waals surface area contributed by atoms with Crippen LogP contribution in [-0.2, 0) is 23.8 Å². The summed E-state index contributed by atoms with van der Waals surface area (Å²) in [5.41, 5.74) is 0. The Morgan fingerprint density at radius 1 is 0.425 bits per heavy atom. The lowest BCUT2D eigenvalue weighted by atomic mass is 9.99. The molecule has 0 radical (unpaired) electrons. The maximum atomic E-state index is 13.0. The molecule has 7 unspecified atom stereocenters. The standard InChI is InChI=1S/C76H137NO10/c1-3-5-7-9-11-13-15-16-41-44-48-52-56-60-64-72(81)85-65-61-57-53-49-45-42-39-37-35-33-31-29-27-25-23-21-19-17-18-20-22-24-26-28-30-32-34-36-38-40-43-47-51-55-59-63-71(80)77-68(67-86-76-75(84)74(83)73(82)70(66-78)87-76)69(79)62-58-54-50-46-14-12-10-8-6-4-2/h9,11,14-16,19,21,25,27,46,58,62,68-70,73-76,78-79,82-84H,3-8,10,12-13,17-18,20,22-24,26,28-45,47-57,59-61,63-67H2,1-2H3,(H,77,80)/b11-9-,16-15-,21-19-,27-25-,46-14+,62-58+. The molecule has 0 spiro atoms. The molecule has 11 heteroatoms. The second-order valence-electron chi connectivity index (χ2n) is 25.3. The van der Waals surface area contributed by atoms with Gasteiger partial charge in [0.2, 0.25) is 5.91 Å². The van der Waals surface area contributed by atoms with E-state index in [2.05, 4.69) is 79.9 Å². The van der Waals surface area contributed by atoms with Gasteiger partial charge in [-0.05, 0) is 103 Å². The Labute approximate surface area is 534 Å². The maximum absolute atomic E-state index is 13.0. The van der Waals surface area contributed by atoms with Crippen LogP contribution >= 0.6 is 0 Å². The highest BCUT2D eigenvalue weighted by Gasteiger charge is 2.44. The van der Waals surface area contributed by atoms with Gasteiger partial charge in [-0.1, -0.05) is 292 Å². The minimum Gasteiger partial charge on any atom is -0.466 e. The quantitative estimate of drug-likeness (QED) is 0.0195. The van der Waals surface area contributed by atoms with Gasteiger partial charge in [0, 0.05) is 12.8 Å². The molecule has 0 aliphatic carbocycles. The second kappa shape index (κ2) is 64.6. The van der Waals surface area contributed by atoms with Crippen molar-refractivity contribution in [3.63, 3.8) is 0 Å². The zero-order valence-corrected chi connectivity index (χ0v) is 56.2. The molecule has 1 fully saturated rings. The van der Waals surface area contributed by atoms with E-state index in [1.165, 1.54) is 238 Å². The molecule has 11 nitrogen and oxygen atoms in total. The van der Waals surface area contributed by atoms with Crippen molar-refractivity contribution in [2.75, 3.05) is 19.8 Å². The number of aliphatic hydroxyl groups excluding tert-OH is 5. The fourth-order valence-corrected chi connectivity index (χ4v) is 11.2. The number of nitrogens with one attached hydrogen (secondary N) is 1. The zero-order valence-electron chi connectivity index (χ0n) is 56.2. The fraction of sp³-hybridized carbons (Fsp3) is 0.816. The highest BCUT2D eigenvalue weighted by molar-refractivity contribution is 5.76. The third kappa shape index (κ3) is 53.5. The van der Waals surface area contributed by atoms with Crippen molar-refractivity contribution < 1.29 is 49.3 Å². The molecule has 0 aromatic heterocycles. The number of unbranched alkanes of at least 4 members (excludes halogenated alkanes) is 40. The topological polar surface area (TPSA) is 175 Å². The summed E-state index contributed by atoms with van der Waals surface area (Å²) in [7, 11) is 0. The van der Waals surface area contributed by atoms with Crippen LogP contribution in [0.5, 0.6) is 0 Å². The van der Waals surface area contributed by atoms with E-state index in [9.17, 15) is 35.1 Å². The fourth-order valence-electron chi connectivity index (χ4n) is 11.2. The Hall–Kier alpha value is -2.90. The van der Waals surface area contributed by atoms with Gasteiger partial charge in [0.05, 0.1) is 32.0 Å². The van der Waals surface area contributed by atoms with Crippen LogP contribution in [0.2, 0.25) is 0 Å². The normalized spacial score (nSPS) is 18.3. The molecule has 0 aromatic carbocycles. The van der Waals surface area contributed by atoms with Crippen LogP contribution < -0.4 is 5.32 Å². The van der Waals surface area contributed by atoms with E-state index in [-0.39, 0.29) is 18.5 Å². The number of hydrogen-bond donors (Lipinski definition) is 6. The van der Waals surface area contributed by atoms with Gasteiger partial charge in [0.25, 0.3) is 0 Å². The molecule has 0 bridgehead atoms. The summed E-state index contributed by atoms with van der Waals surface area (Å²) in [6.45, 7) is 4.27. The molecule has 1 aliphatic heterocycles. The molecule has 7 atom stereocenters. The van der Waals surface area contributed by atoms with Gasteiger partial charge in [-0.2, -0.15) is 0 Å². The summed E-state index contributed by atoms with van der Waals surface area (Å²) in [6.07, 6.45) is 77.8. The van der Waals surface area contributed by atoms with Gasteiger partial charge < -0.3 is 45.1 Å². The average Bonchev–Trinajstić information content (AvgIpc) is 3.18. The molecule has 1 saturated heterocycles. The highest BCUT2D eigenvalue weighted by Crippen LogP contribution is 2.23. The largest absolute Gasteiger partial charge is 0.466 e. The van der Waals surface area contributed by atoms with Crippen molar-refractivity contribution in [2.24, 2.45) is 0 Å². The predicted molar refractivity (Wildman–Crippen MR) is 366 cm³/mol. The number of aliphatic hydroxyl groups is 5. The van der Waals surface area contributed by atoms with Crippen molar-refractivity contribution in [1.29, 1.82) is 0 Å². The van der Waals surface area contributed by atoms with Gasteiger partial charge in [0.1, 0.15) is 24.4 Å². The van der Waals surface area contributed by atoms with Crippen LogP contribution in [0.15, 0.2) is 72.9 Å². The number of rotatable bonds is 64. The molecule has 0 saturated carbocycles. The third-order valence-electron chi connectivity index (χ3n) is 17.0. The van der Waals surface area contributed by atoms with Crippen molar-refractivity contribution in [1.82, 2.24) is 5.32 Å². The first-order chi connectivity index (χ1) is 42.7. The van der Waals surface area contributed by atoms with E-state index in [4.69, 9.17) is 14.2 Å². The zero-order chi connectivity index (χ0) is 63.0. The molecule has 0 aromatic rings. The Morgan fingerprint density at radius 2 is 0.793 bits per heavy atom. The molecular formula is C76H137NO10. The summed E-state index contributed by atoms with van der Waals surface area (Å²) in [5.74, 6) is -0.196. The van der Waals surface area contributed by atoms with Crippen LogP contribution in [0.4, 0.5) is 0 Å². The van der Waals surface area contributed by atoms with Gasteiger partial charge in [-0.15, -0.1) is 0 Å². The average molecular weight is 1220 g/mol. The number of carbonyl (C=O) groups is 2. The number of amides is 1. The van der Waals surface area contributed by atoms with E-state index in [0.29, 0.717) is 19.4 Å². The van der Waals surface area contributed by atoms with Crippen molar-refractivity contribution in [3.05, 3.63) is 72.9 Å². The molecule has 1 rings (SSSR count). The van der Waals surface area contributed by atoms with Crippen LogP contribution in [0.3, 0.4) is 0 Å². The number of allylic oxidation sites excluding steroid dienone is 11. The number of esters is 1. The molecule has 6 N–H and O–H groups in total. The molecule has 1 heterocycles. The minimum absolute atomic E-state index is 0.00522. The molecule has 1 amide bonds. The minimum atomic E-state index is -1.58. The number of hydrogen-bond acceptors (Lipinski definition) is 10. The summed E-state index contributed by atoms with van der Waals surface area (Å²) < 4.78 is 16.7. The van der Waals surface area contributed by atoms with E-state index in [1.54, 1.807) is 6.08 Å². The van der Waals surface area contributed by atoms with Crippen molar-refractivity contribution in [2.45, 2.75) is 378 Å². The first-order valence-corrected chi connectivity index (χ1v) is 36.7. The second-order valence-corrected chi connectivity index (χ2v) is 25.3. The Kier molecular flexibility index (Phi) is 61.0. The lowest BCUT2D eigenvalue weighted by Gasteiger charge is -2.40. The van der Waals surface area contributed by atoms with E-state index in [0.717, 1.165) is 70.6 Å². The van der Waals surface area contributed by atoms with Gasteiger partial charge >= 0.3 is 5.97 Å². The first kappa shape index (κ1) is 82.1. The van der Waals surface area contributed by atoms with Gasteiger partial charge in [-0.3, -0.25) is 9.59 Å². The van der Waals surface area contributed by atoms with Crippen molar-refractivity contribution in [3.8, 4) is 0 Å². The maximum Gasteiger partial charge on any atom is 0.305 e. The molecular weight excluding hydrogens is 1090 g/mol. The predicted octanol–water partition coefficient (Wildman–Crippen LogP) is 19.1. The smallest absolute Gasteiger partial charge is 0.305 e. The lowest BCUT2D eigenvalue weighted by Crippen LogP contribution is -2.60. The van der Waals surface area contributed by atoms with Crippen LogP contribution in [0.25, 0.3) is 0 Å². The highest BCUT2D eigenvalue weighted by atomic mass is 16.7. The molecule has 506 valence electrons. The monoisotopic (exact) mass is 1220 g/mol.